The minimum atomic E-state index is -3.32. The SMILES string of the molecule is CCS(=O)(=O)N1CCCc2cc(C(=O)Nc3ccc(F)cc3)ccc21. The smallest absolute Gasteiger partial charge is 0.255 e. The molecule has 0 unspecified atom stereocenters. The van der Waals surface area contributed by atoms with E-state index in [9.17, 15) is 17.6 Å². The molecule has 0 saturated carbocycles. The van der Waals surface area contributed by atoms with E-state index in [0.717, 1.165) is 18.4 Å². The average molecular weight is 362 g/mol. The van der Waals surface area contributed by atoms with Gasteiger partial charge < -0.3 is 5.32 Å². The van der Waals surface area contributed by atoms with Gasteiger partial charge in [0, 0.05) is 17.8 Å². The number of nitrogens with one attached hydrogen (secondary N) is 1. The second-order valence-corrected chi connectivity index (χ2v) is 8.06. The molecule has 0 aliphatic carbocycles. The van der Waals surface area contributed by atoms with Crippen LogP contribution >= 0.6 is 0 Å². The highest BCUT2D eigenvalue weighted by atomic mass is 32.2. The van der Waals surface area contributed by atoms with Crippen LogP contribution in [0.5, 0.6) is 0 Å². The molecule has 0 aromatic heterocycles. The van der Waals surface area contributed by atoms with E-state index in [-0.39, 0.29) is 17.5 Å². The minimum absolute atomic E-state index is 0.0409. The number of sulfonamides is 1. The van der Waals surface area contributed by atoms with Gasteiger partial charge in [-0.15, -0.1) is 0 Å². The Morgan fingerprint density at radius 2 is 1.92 bits per heavy atom. The summed E-state index contributed by atoms with van der Waals surface area (Å²) in [5, 5.41) is 2.71. The van der Waals surface area contributed by atoms with Crippen molar-refractivity contribution in [1.82, 2.24) is 0 Å². The van der Waals surface area contributed by atoms with E-state index in [1.165, 1.54) is 28.6 Å². The lowest BCUT2D eigenvalue weighted by Gasteiger charge is -2.30. The summed E-state index contributed by atoms with van der Waals surface area (Å²) in [4.78, 5) is 12.4. The maximum Gasteiger partial charge on any atom is 0.255 e. The molecule has 5 nitrogen and oxygen atoms in total. The zero-order chi connectivity index (χ0) is 18.0. The molecule has 2 aromatic rings. The summed E-state index contributed by atoms with van der Waals surface area (Å²) in [5.74, 6) is -0.645. The number of carbonyl (C=O) groups excluding carboxylic acids is 1. The van der Waals surface area contributed by atoms with Gasteiger partial charge in [0.1, 0.15) is 5.82 Å². The summed E-state index contributed by atoms with van der Waals surface area (Å²) in [6.07, 6.45) is 1.44. The molecular weight excluding hydrogens is 343 g/mol. The Morgan fingerprint density at radius 1 is 1.20 bits per heavy atom. The van der Waals surface area contributed by atoms with Crippen molar-refractivity contribution in [3.05, 3.63) is 59.4 Å². The van der Waals surface area contributed by atoms with Crippen LogP contribution in [0.1, 0.15) is 29.3 Å². The van der Waals surface area contributed by atoms with Gasteiger partial charge in [0.15, 0.2) is 0 Å². The van der Waals surface area contributed by atoms with Gasteiger partial charge in [-0.25, -0.2) is 12.8 Å². The number of benzene rings is 2. The normalized spacial score (nSPS) is 14.1. The Hall–Kier alpha value is -2.41. The van der Waals surface area contributed by atoms with Crippen molar-refractivity contribution in [2.75, 3.05) is 21.9 Å². The maximum absolute atomic E-state index is 12.9. The van der Waals surface area contributed by atoms with Gasteiger partial charge in [-0.3, -0.25) is 9.10 Å². The van der Waals surface area contributed by atoms with Crippen LogP contribution in [-0.2, 0) is 16.4 Å². The van der Waals surface area contributed by atoms with Gasteiger partial charge >= 0.3 is 0 Å². The van der Waals surface area contributed by atoms with Crippen LogP contribution in [0.15, 0.2) is 42.5 Å². The number of amides is 1. The van der Waals surface area contributed by atoms with Gasteiger partial charge in [0.05, 0.1) is 11.4 Å². The Morgan fingerprint density at radius 3 is 2.60 bits per heavy atom. The second kappa shape index (κ2) is 6.84. The standard InChI is InChI=1S/C18H19FN2O3S/c1-2-25(23,24)21-11-3-4-13-12-14(5-10-17(13)21)18(22)20-16-8-6-15(19)7-9-16/h5-10,12H,2-4,11H2,1H3,(H,20,22). The summed E-state index contributed by atoms with van der Waals surface area (Å²) < 4.78 is 38.8. The molecule has 1 aliphatic rings. The van der Waals surface area contributed by atoms with Crippen LogP contribution in [0.25, 0.3) is 0 Å². The third-order valence-corrected chi connectivity index (χ3v) is 6.00. The highest BCUT2D eigenvalue weighted by Gasteiger charge is 2.26. The average Bonchev–Trinajstić information content (AvgIpc) is 2.62. The zero-order valence-corrected chi connectivity index (χ0v) is 14.6. The molecule has 0 atom stereocenters. The lowest BCUT2D eigenvalue weighted by atomic mass is 10.0. The van der Waals surface area contributed by atoms with Crippen molar-refractivity contribution in [2.45, 2.75) is 19.8 Å². The summed E-state index contributed by atoms with van der Waals surface area (Å²) in [6, 6.07) is 10.5. The first-order valence-electron chi connectivity index (χ1n) is 8.11. The first-order chi connectivity index (χ1) is 11.9. The van der Waals surface area contributed by atoms with Gasteiger partial charge in [-0.1, -0.05) is 0 Å². The van der Waals surface area contributed by atoms with Crippen LogP contribution in [0, 0.1) is 5.82 Å². The highest BCUT2D eigenvalue weighted by Crippen LogP contribution is 2.30. The monoisotopic (exact) mass is 362 g/mol. The van der Waals surface area contributed by atoms with E-state index in [1.807, 2.05) is 0 Å². The molecule has 7 heteroatoms. The summed E-state index contributed by atoms with van der Waals surface area (Å²) in [7, 11) is -3.32. The van der Waals surface area contributed by atoms with Gasteiger partial charge in [0.2, 0.25) is 10.0 Å². The molecule has 132 valence electrons. The Labute approximate surface area is 146 Å². The molecule has 1 aliphatic heterocycles. The predicted molar refractivity (Wildman–Crippen MR) is 95.9 cm³/mol. The number of halogens is 1. The van der Waals surface area contributed by atoms with Gasteiger partial charge in [0.25, 0.3) is 5.91 Å². The van der Waals surface area contributed by atoms with E-state index in [2.05, 4.69) is 5.32 Å². The number of aryl methyl sites for hydroxylation is 1. The Kier molecular flexibility index (Phi) is 4.76. The van der Waals surface area contributed by atoms with Crippen LogP contribution in [0.3, 0.4) is 0 Å². The number of nitrogens with zero attached hydrogens (tertiary/aromatic N) is 1. The Balaban J connectivity index is 1.85. The summed E-state index contributed by atoms with van der Waals surface area (Å²) in [6.45, 7) is 2.08. The number of hydrogen-bond acceptors (Lipinski definition) is 3. The zero-order valence-electron chi connectivity index (χ0n) is 13.8. The number of hydrogen-bond donors (Lipinski definition) is 1. The van der Waals surface area contributed by atoms with E-state index in [4.69, 9.17) is 0 Å². The number of anilines is 2. The molecule has 0 bridgehead atoms. The number of fused-ring (bicyclic) bond motifs is 1. The van der Waals surface area contributed by atoms with Crippen molar-refractivity contribution < 1.29 is 17.6 Å². The van der Waals surface area contributed by atoms with Crippen LogP contribution in [0.2, 0.25) is 0 Å². The lowest BCUT2D eigenvalue weighted by molar-refractivity contribution is 0.102. The van der Waals surface area contributed by atoms with Crippen LogP contribution in [0.4, 0.5) is 15.8 Å². The van der Waals surface area contributed by atoms with Crippen molar-refractivity contribution in [1.29, 1.82) is 0 Å². The molecule has 0 spiro atoms. The Bertz CT molecular complexity index is 895. The first-order valence-corrected chi connectivity index (χ1v) is 9.72. The third kappa shape index (κ3) is 3.66. The third-order valence-electron chi connectivity index (χ3n) is 4.22. The molecule has 0 fully saturated rings. The molecule has 1 heterocycles. The largest absolute Gasteiger partial charge is 0.322 e. The molecule has 3 rings (SSSR count). The van der Waals surface area contributed by atoms with E-state index >= 15 is 0 Å². The highest BCUT2D eigenvalue weighted by molar-refractivity contribution is 7.92. The number of rotatable bonds is 4. The van der Waals surface area contributed by atoms with E-state index < -0.39 is 10.0 Å². The van der Waals surface area contributed by atoms with Crippen molar-refractivity contribution >= 4 is 27.3 Å². The number of carbonyl (C=O) groups is 1. The lowest BCUT2D eigenvalue weighted by Crippen LogP contribution is -2.36. The molecule has 2 aromatic carbocycles. The summed E-state index contributed by atoms with van der Waals surface area (Å²) in [5.41, 5.74) is 2.43. The maximum atomic E-state index is 12.9. The van der Waals surface area contributed by atoms with Crippen LogP contribution < -0.4 is 9.62 Å². The second-order valence-electron chi connectivity index (χ2n) is 5.88. The molecule has 0 radical (unpaired) electrons. The fraction of sp³-hybridized carbons (Fsp3) is 0.278. The van der Waals surface area contributed by atoms with Crippen LogP contribution in [-0.4, -0.2) is 26.6 Å². The van der Waals surface area contributed by atoms with Crippen molar-refractivity contribution in [3.8, 4) is 0 Å². The fourth-order valence-electron chi connectivity index (χ4n) is 2.89. The van der Waals surface area contributed by atoms with E-state index in [0.29, 0.717) is 23.5 Å². The van der Waals surface area contributed by atoms with Gasteiger partial charge in [-0.05, 0) is 67.8 Å². The van der Waals surface area contributed by atoms with E-state index in [1.54, 1.807) is 25.1 Å². The minimum Gasteiger partial charge on any atom is -0.322 e. The summed E-state index contributed by atoms with van der Waals surface area (Å²) >= 11 is 0. The van der Waals surface area contributed by atoms with Crippen molar-refractivity contribution in [2.24, 2.45) is 0 Å². The molecular formula is C18H19FN2O3S. The van der Waals surface area contributed by atoms with Gasteiger partial charge in [-0.2, -0.15) is 0 Å². The first kappa shape index (κ1) is 17.4. The quantitative estimate of drug-likeness (QED) is 0.908. The molecule has 1 N–H and O–H groups in total. The molecule has 1 amide bonds. The fourth-order valence-corrected chi connectivity index (χ4v) is 4.08. The predicted octanol–water partition coefficient (Wildman–Crippen LogP) is 3.18. The molecule has 0 saturated heterocycles. The van der Waals surface area contributed by atoms with Crippen molar-refractivity contribution in [3.63, 3.8) is 0 Å². The molecule has 25 heavy (non-hydrogen) atoms. The topological polar surface area (TPSA) is 66.5 Å².